The molecule has 0 aromatic heterocycles. The number of nitrogens with one attached hydrogen (secondary N) is 1. The van der Waals surface area contributed by atoms with Crippen LogP contribution in [-0.2, 0) is 4.79 Å². The Morgan fingerprint density at radius 3 is 2.80 bits per heavy atom. The van der Waals surface area contributed by atoms with Crippen LogP contribution >= 0.6 is 11.6 Å². The lowest BCUT2D eigenvalue weighted by molar-refractivity contribution is -0.115. The lowest BCUT2D eigenvalue weighted by Gasteiger charge is -2.04. The van der Waals surface area contributed by atoms with Crippen LogP contribution in [0.15, 0.2) is 18.2 Å². The van der Waals surface area contributed by atoms with E-state index in [1.807, 2.05) is 6.07 Å². The molecule has 0 saturated carbocycles. The molecule has 1 rings (SSSR count). The van der Waals surface area contributed by atoms with Crippen molar-refractivity contribution >= 4 is 23.2 Å². The van der Waals surface area contributed by atoms with Crippen molar-refractivity contribution in [3.63, 3.8) is 0 Å². The third-order valence-electron chi connectivity index (χ3n) is 1.62. The molecule has 0 radical (unpaired) electrons. The van der Waals surface area contributed by atoms with Crippen molar-refractivity contribution in [2.24, 2.45) is 0 Å². The average Bonchev–Trinajstić information content (AvgIpc) is 2.18. The molecule has 0 aliphatic rings. The first-order valence-corrected chi connectivity index (χ1v) is 4.41. The van der Waals surface area contributed by atoms with E-state index >= 15 is 0 Å². The minimum atomic E-state index is -0.462. The van der Waals surface area contributed by atoms with Gasteiger partial charge in [0.1, 0.15) is 12.5 Å². The van der Waals surface area contributed by atoms with Crippen LogP contribution in [0.1, 0.15) is 12.0 Å². The van der Waals surface area contributed by atoms with Gasteiger partial charge in [0.2, 0.25) is 5.91 Å². The molecule has 0 atom stereocenters. The normalized spacial score (nSPS) is 8.73. The molecule has 0 aliphatic heterocycles. The minimum Gasteiger partial charge on any atom is -0.324 e. The zero-order chi connectivity index (χ0) is 11.3. The second-order valence-corrected chi connectivity index (χ2v) is 3.12. The van der Waals surface area contributed by atoms with E-state index in [1.165, 1.54) is 12.1 Å². The van der Waals surface area contributed by atoms with Gasteiger partial charge in [-0.15, -0.1) is 0 Å². The highest BCUT2D eigenvalue weighted by Gasteiger charge is 2.06. The Morgan fingerprint density at radius 2 is 2.20 bits per heavy atom. The maximum Gasteiger partial charge on any atom is 0.238 e. The number of hydrogen-bond acceptors (Lipinski definition) is 3. The summed E-state index contributed by atoms with van der Waals surface area (Å²) in [6.45, 7) is 0. The first kappa shape index (κ1) is 11.0. The summed E-state index contributed by atoms with van der Waals surface area (Å²) in [5, 5.41) is 19.9. The molecule has 74 valence electrons. The monoisotopic (exact) mass is 219 g/mol. The SMILES string of the molecule is N#CCC(=O)Nc1cc(Cl)ccc1C#N. The molecule has 0 heterocycles. The Labute approximate surface area is 91.7 Å². The molecule has 0 saturated heterocycles. The Balaban J connectivity index is 2.94. The maximum absolute atomic E-state index is 11.1. The van der Waals surface area contributed by atoms with E-state index in [0.29, 0.717) is 16.3 Å². The van der Waals surface area contributed by atoms with Crippen LogP contribution in [0.2, 0.25) is 5.02 Å². The van der Waals surface area contributed by atoms with Gasteiger partial charge in [-0.2, -0.15) is 10.5 Å². The molecule has 1 aromatic rings. The topological polar surface area (TPSA) is 76.7 Å². The third-order valence-corrected chi connectivity index (χ3v) is 1.85. The summed E-state index contributed by atoms with van der Waals surface area (Å²) in [6, 6.07) is 8.15. The smallest absolute Gasteiger partial charge is 0.238 e. The highest BCUT2D eigenvalue weighted by atomic mass is 35.5. The van der Waals surface area contributed by atoms with Crippen LogP contribution in [0.5, 0.6) is 0 Å². The van der Waals surface area contributed by atoms with E-state index in [9.17, 15) is 4.79 Å². The van der Waals surface area contributed by atoms with Crippen molar-refractivity contribution in [1.29, 1.82) is 10.5 Å². The quantitative estimate of drug-likeness (QED) is 0.827. The molecule has 0 bridgehead atoms. The van der Waals surface area contributed by atoms with E-state index in [0.717, 1.165) is 0 Å². The van der Waals surface area contributed by atoms with Gasteiger partial charge >= 0.3 is 0 Å². The Kier molecular flexibility index (Phi) is 3.68. The fraction of sp³-hybridized carbons (Fsp3) is 0.100. The van der Waals surface area contributed by atoms with Gasteiger partial charge in [-0.05, 0) is 18.2 Å². The lowest BCUT2D eigenvalue weighted by atomic mass is 10.2. The number of carbonyl (C=O) groups is 1. The molecular formula is C10H6ClN3O. The number of nitriles is 2. The summed E-state index contributed by atoms with van der Waals surface area (Å²) in [5.74, 6) is -0.462. The van der Waals surface area contributed by atoms with Gasteiger partial charge in [0, 0.05) is 5.02 Å². The summed E-state index contributed by atoms with van der Waals surface area (Å²) in [4.78, 5) is 11.1. The molecule has 0 spiro atoms. The second kappa shape index (κ2) is 4.99. The predicted octanol–water partition coefficient (Wildman–Crippen LogP) is 2.06. The van der Waals surface area contributed by atoms with E-state index < -0.39 is 5.91 Å². The number of carbonyl (C=O) groups excluding carboxylic acids is 1. The average molecular weight is 220 g/mol. The van der Waals surface area contributed by atoms with Gasteiger partial charge < -0.3 is 5.32 Å². The number of halogens is 1. The Bertz CT molecular complexity index is 471. The van der Waals surface area contributed by atoms with Gasteiger partial charge in [-0.1, -0.05) is 11.6 Å². The van der Waals surface area contributed by atoms with Gasteiger partial charge in [-0.3, -0.25) is 4.79 Å². The van der Waals surface area contributed by atoms with Crippen LogP contribution in [0.25, 0.3) is 0 Å². The number of hydrogen-bond donors (Lipinski definition) is 1. The Hall–Kier alpha value is -2.04. The molecule has 15 heavy (non-hydrogen) atoms. The number of nitrogens with zero attached hydrogens (tertiary/aromatic N) is 2. The number of amides is 1. The first-order chi connectivity index (χ1) is 7.17. The minimum absolute atomic E-state index is 0.253. The molecule has 0 aliphatic carbocycles. The molecule has 1 aromatic carbocycles. The van der Waals surface area contributed by atoms with Crippen molar-refractivity contribution in [3.05, 3.63) is 28.8 Å². The van der Waals surface area contributed by atoms with Crippen molar-refractivity contribution in [2.75, 3.05) is 5.32 Å². The predicted molar refractivity (Wildman–Crippen MR) is 55.0 cm³/mol. The van der Waals surface area contributed by atoms with Gasteiger partial charge in [0.25, 0.3) is 0 Å². The number of rotatable bonds is 2. The zero-order valence-electron chi connectivity index (χ0n) is 7.62. The van der Waals surface area contributed by atoms with Crippen molar-refractivity contribution in [3.8, 4) is 12.1 Å². The highest BCUT2D eigenvalue weighted by molar-refractivity contribution is 6.31. The van der Waals surface area contributed by atoms with Crippen molar-refractivity contribution < 1.29 is 4.79 Å². The standard InChI is InChI=1S/C10H6ClN3O/c11-8-2-1-7(6-13)9(5-8)14-10(15)3-4-12/h1-2,5H,3H2,(H,14,15). The largest absolute Gasteiger partial charge is 0.324 e. The van der Waals surface area contributed by atoms with Crippen LogP contribution < -0.4 is 5.32 Å². The van der Waals surface area contributed by atoms with Crippen molar-refractivity contribution in [1.82, 2.24) is 0 Å². The molecule has 4 nitrogen and oxygen atoms in total. The molecule has 0 fully saturated rings. The molecule has 1 amide bonds. The summed E-state index contributed by atoms with van der Waals surface area (Å²) in [7, 11) is 0. The van der Waals surface area contributed by atoms with Crippen LogP contribution in [-0.4, -0.2) is 5.91 Å². The number of benzene rings is 1. The lowest BCUT2D eigenvalue weighted by Crippen LogP contribution is -2.11. The van der Waals surface area contributed by atoms with E-state index in [4.69, 9.17) is 22.1 Å². The second-order valence-electron chi connectivity index (χ2n) is 2.68. The van der Waals surface area contributed by atoms with Gasteiger partial charge in [-0.25, -0.2) is 0 Å². The fourth-order valence-electron chi connectivity index (χ4n) is 0.984. The van der Waals surface area contributed by atoms with E-state index in [2.05, 4.69) is 5.32 Å². The summed E-state index contributed by atoms with van der Waals surface area (Å²) < 4.78 is 0. The van der Waals surface area contributed by atoms with E-state index in [-0.39, 0.29) is 6.42 Å². The third kappa shape index (κ3) is 2.98. The number of anilines is 1. The van der Waals surface area contributed by atoms with Crippen LogP contribution in [0, 0.1) is 22.7 Å². The molecule has 1 N–H and O–H groups in total. The first-order valence-electron chi connectivity index (χ1n) is 4.04. The fourth-order valence-corrected chi connectivity index (χ4v) is 1.16. The van der Waals surface area contributed by atoms with Gasteiger partial charge in [0.15, 0.2) is 0 Å². The summed E-state index contributed by atoms with van der Waals surface area (Å²) in [5.41, 5.74) is 0.635. The molecule has 0 unspecified atom stereocenters. The maximum atomic E-state index is 11.1. The van der Waals surface area contributed by atoms with Crippen LogP contribution in [0.4, 0.5) is 5.69 Å². The Morgan fingerprint density at radius 1 is 1.47 bits per heavy atom. The van der Waals surface area contributed by atoms with E-state index in [1.54, 1.807) is 12.1 Å². The molecule has 5 heteroatoms. The van der Waals surface area contributed by atoms with Crippen molar-refractivity contribution in [2.45, 2.75) is 6.42 Å². The zero-order valence-corrected chi connectivity index (χ0v) is 8.38. The van der Waals surface area contributed by atoms with Crippen LogP contribution in [0.3, 0.4) is 0 Å². The highest BCUT2D eigenvalue weighted by Crippen LogP contribution is 2.20. The summed E-state index contributed by atoms with van der Waals surface area (Å²) >= 11 is 5.71. The van der Waals surface area contributed by atoms with Gasteiger partial charge in [0.05, 0.1) is 17.3 Å². The summed E-state index contributed by atoms with van der Waals surface area (Å²) in [6.07, 6.45) is -0.253. The molecular weight excluding hydrogens is 214 g/mol.